The molecule has 6 nitrogen and oxygen atoms in total. The van der Waals surface area contributed by atoms with Gasteiger partial charge in [-0.15, -0.1) is 0 Å². The highest BCUT2D eigenvalue weighted by molar-refractivity contribution is 5.65. The molecule has 12 heteroatoms. The largest absolute Gasteiger partial charge is 0.408 e. The van der Waals surface area contributed by atoms with E-state index in [1.807, 2.05) is 0 Å². The number of allylic oxidation sites excluding steroid dienone is 1. The van der Waals surface area contributed by atoms with Crippen molar-refractivity contribution in [2.75, 3.05) is 10.6 Å². The molecule has 3 N–H and O–H groups in total. The molecule has 1 fully saturated rings. The second-order valence-corrected chi connectivity index (χ2v) is 7.05. The molecule has 2 atom stereocenters. The molecule has 0 aromatic carbocycles. The molecule has 0 aliphatic heterocycles. The van der Waals surface area contributed by atoms with Crippen molar-refractivity contribution in [1.29, 1.82) is 0 Å². The van der Waals surface area contributed by atoms with Gasteiger partial charge < -0.3 is 15.7 Å². The smallest absolute Gasteiger partial charge is 0.386 e. The summed E-state index contributed by atoms with van der Waals surface area (Å²) in [5, 5.41) is 14.4. The molecule has 2 aliphatic carbocycles. The Morgan fingerprint density at radius 3 is 2.39 bits per heavy atom. The van der Waals surface area contributed by atoms with E-state index in [2.05, 4.69) is 25.6 Å². The zero-order chi connectivity index (χ0) is 20.7. The number of nitrogens with one attached hydrogen (secondary N) is 2. The lowest BCUT2D eigenvalue weighted by atomic mass is 9.88. The van der Waals surface area contributed by atoms with Gasteiger partial charge in [0, 0.05) is 24.5 Å². The van der Waals surface area contributed by atoms with Crippen LogP contribution in [0.4, 0.5) is 38.2 Å². The maximum Gasteiger partial charge on any atom is 0.408 e. The van der Waals surface area contributed by atoms with Crippen molar-refractivity contribution in [2.24, 2.45) is 0 Å². The molecule has 0 unspecified atom stereocenters. The first-order valence-electron chi connectivity index (χ1n) is 8.75. The SMILES string of the molecule is C[C@@H](Nc1nc(NC2CC(F)(F)C2)nc(C2=C(F)[C@H](O)CCC2)n1)C(F)(F)F. The lowest BCUT2D eigenvalue weighted by molar-refractivity contribution is -0.138. The quantitative estimate of drug-likeness (QED) is 0.642. The topological polar surface area (TPSA) is 83.0 Å². The van der Waals surface area contributed by atoms with Crippen LogP contribution < -0.4 is 10.6 Å². The fourth-order valence-electron chi connectivity index (χ4n) is 3.00. The number of rotatable bonds is 5. The minimum Gasteiger partial charge on any atom is -0.386 e. The van der Waals surface area contributed by atoms with Gasteiger partial charge >= 0.3 is 6.18 Å². The van der Waals surface area contributed by atoms with E-state index < -0.39 is 54.9 Å². The minimum absolute atomic E-state index is 0.0362. The monoisotopic (exact) mass is 411 g/mol. The van der Waals surface area contributed by atoms with Gasteiger partial charge in [0.1, 0.15) is 18.0 Å². The molecule has 0 saturated heterocycles. The molecule has 1 aromatic rings. The van der Waals surface area contributed by atoms with Crippen molar-refractivity contribution < 1.29 is 31.4 Å². The molecule has 156 valence electrons. The number of hydrogen-bond donors (Lipinski definition) is 3. The number of aromatic nitrogens is 3. The van der Waals surface area contributed by atoms with Crippen LogP contribution in [0.1, 0.15) is 44.9 Å². The summed E-state index contributed by atoms with van der Waals surface area (Å²) >= 11 is 0. The number of halogens is 6. The van der Waals surface area contributed by atoms with Crippen LogP contribution in [0.15, 0.2) is 5.83 Å². The molecule has 0 spiro atoms. The van der Waals surface area contributed by atoms with Crippen molar-refractivity contribution in [3.05, 3.63) is 11.7 Å². The van der Waals surface area contributed by atoms with E-state index in [0.29, 0.717) is 6.42 Å². The van der Waals surface area contributed by atoms with Gasteiger partial charge in [0.15, 0.2) is 5.82 Å². The van der Waals surface area contributed by atoms with E-state index >= 15 is 0 Å². The third-order valence-electron chi connectivity index (χ3n) is 4.65. The van der Waals surface area contributed by atoms with Crippen LogP contribution in [-0.4, -0.2) is 50.3 Å². The van der Waals surface area contributed by atoms with Gasteiger partial charge in [0.2, 0.25) is 11.9 Å². The zero-order valence-electron chi connectivity index (χ0n) is 14.8. The predicted molar refractivity (Wildman–Crippen MR) is 88.4 cm³/mol. The molecular formula is C16H19F6N5O. The molecule has 1 heterocycles. The number of hydrogen-bond acceptors (Lipinski definition) is 6. The van der Waals surface area contributed by atoms with Crippen LogP contribution in [0.2, 0.25) is 0 Å². The third-order valence-corrected chi connectivity index (χ3v) is 4.65. The van der Waals surface area contributed by atoms with E-state index in [1.54, 1.807) is 0 Å². The van der Waals surface area contributed by atoms with E-state index in [4.69, 9.17) is 0 Å². The van der Waals surface area contributed by atoms with Crippen LogP contribution in [0.5, 0.6) is 0 Å². The fraction of sp³-hybridized carbons (Fsp3) is 0.688. The minimum atomic E-state index is -4.58. The lowest BCUT2D eigenvalue weighted by Crippen LogP contribution is -2.44. The molecule has 28 heavy (non-hydrogen) atoms. The maximum atomic E-state index is 14.3. The standard InChI is InChI=1S/C16H19F6N5O/c1-7(16(20,21)22)23-13-25-12(9-3-2-4-10(28)11(9)17)26-14(27-13)24-8-5-15(18,19)6-8/h7-8,10,28H,2-6H2,1H3,(H2,23,24,25,26,27)/t7-,10-/m1/s1. The van der Waals surface area contributed by atoms with Gasteiger partial charge in [-0.25, -0.2) is 13.2 Å². The van der Waals surface area contributed by atoms with Crippen molar-refractivity contribution in [3.8, 4) is 0 Å². The summed E-state index contributed by atoms with van der Waals surface area (Å²) in [5.74, 6) is -4.61. The summed E-state index contributed by atoms with van der Waals surface area (Å²) < 4.78 is 78.8. The van der Waals surface area contributed by atoms with E-state index in [-0.39, 0.29) is 30.2 Å². The normalized spacial score (nSPS) is 23.9. The van der Waals surface area contributed by atoms with Gasteiger partial charge in [-0.3, -0.25) is 0 Å². The number of aliphatic hydroxyl groups is 1. The average molecular weight is 411 g/mol. The van der Waals surface area contributed by atoms with E-state index in [1.165, 1.54) is 0 Å². The highest BCUT2D eigenvalue weighted by Crippen LogP contribution is 2.39. The van der Waals surface area contributed by atoms with Crippen LogP contribution in [0.25, 0.3) is 5.57 Å². The van der Waals surface area contributed by atoms with E-state index in [0.717, 1.165) is 6.92 Å². The molecule has 0 amide bonds. The van der Waals surface area contributed by atoms with E-state index in [9.17, 15) is 31.4 Å². The lowest BCUT2D eigenvalue weighted by Gasteiger charge is -2.35. The Morgan fingerprint density at radius 2 is 1.79 bits per heavy atom. The summed E-state index contributed by atoms with van der Waals surface area (Å²) in [6, 6.07) is -2.66. The number of nitrogens with zero attached hydrogens (tertiary/aromatic N) is 3. The first-order valence-corrected chi connectivity index (χ1v) is 8.75. The average Bonchev–Trinajstić information content (AvgIpc) is 2.54. The highest BCUT2D eigenvalue weighted by Gasteiger charge is 2.45. The Hall–Kier alpha value is -2.11. The Morgan fingerprint density at radius 1 is 1.14 bits per heavy atom. The Bertz CT molecular complexity index is 760. The van der Waals surface area contributed by atoms with Gasteiger partial charge in [0.05, 0.1) is 0 Å². The number of alkyl halides is 5. The van der Waals surface area contributed by atoms with Crippen LogP contribution in [0, 0.1) is 0 Å². The molecule has 1 aromatic heterocycles. The zero-order valence-corrected chi connectivity index (χ0v) is 14.8. The van der Waals surface area contributed by atoms with Crippen molar-refractivity contribution >= 4 is 17.5 Å². The summed E-state index contributed by atoms with van der Waals surface area (Å²) in [4.78, 5) is 11.6. The van der Waals surface area contributed by atoms with Crippen LogP contribution in [0.3, 0.4) is 0 Å². The van der Waals surface area contributed by atoms with Crippen LogP contribution in [-0.2, 0) is 0 Å². The van der Waals surface area contributed by atoms with Gasteiger partial charge in [-0.05, 0) is 26.2 Å². The van der Waals surface area contributed by atoms with Crippen LogP contribution >= 0.6 is 0 Å². The highest BCUT2D eigenvalue weighted by atomic mass is 19.4. The molecule has 3 rings (SSSR count). The molecular weight excluding hydrogens is 392 g/mol. The Balaban J connectivity index is 1.91. The second kappa shape index (κ2) is 7.37. The molecule has 2 aliphatic rings. The first kappa shape index (κ1) is 20.6. The summed E-state index contributed by atoms with van der Waals surface area (Å²) in [7, 11) is 0. The molecule has 0 radical (unpaired) electrons. The number of anilines is 2. The van der Waals surface area contributed by atoms with Gasteiger partial charge in [0.25, 0.3) is 5.92 Å². The van der Waals surface area contributed by atoms with Crippen molar-refractivity contribution in [3.63, 3.8) is 0 Å². The first-order chi connectivity index (χ1) is 12.9. The van der Waals surface area contributed by atoms with Gasteiger partial charge in [-0.1, -0.05) is 0 Å². The Labute approximate surface area is 156 Å². The molecule has 0 bridgehead atoms. The van der Waals surface area contributed by atoms with Crippen molar-refractivity contribution in [1.82, 2.24) is 15.0 Å². The fourth-order valence-corrected chi connectivity index (χ4v) is 3.00. The van der Waals surface area contributed by atoms with Crippen molar-refractivity contribution in [2.45, 2.75) is 69.3 Å². The third kappa shape index (κ3) is 4.65. The summed E-state index contributed by atoms with van der Waals surface area (Å²) in [5.41, 5.74) is -0.0362. The second-order valence-electron chi connectivity index (χ2n) is 7.05. The molecule has 1 saturated carbocycles. The van der Waals surface area contributed by atoms with Gasteiger partial charge in [-0.2, -0.15) is 28.1 Å². The summed E-state index contributed by atoms with van der Waals surface area (Å²) in [6.45, 7) is 0.854. The summed E-state index contributed by atoms with van der Waals surface area (Å²) in [6.07, 6.45) is -6.03. The predicted octanol–water partition coefficient (Wildman–Crippen LogP) is 3.67. The Kier molecular flexibility index (Phi) is 5.43. The maximum absolute atomic E-state index is 14.3. The number of aliphatic hydroxyl groups excluding tert-OH is 1.